The molecule has 1 aromatic heterocycles. The molecule has 34 heavy (non-hydrogen) atoms. The monoisotopic (exact) mass is 507 g/mol. The van der Waals surface area contributed by atoms with Crippen molar-refractivity contribution in [2.75, 3.05) is 20.3 Å². The second kappa shape index (κ2) is 10.6. The largest absolute Gasteiger partial charge is 0.469 e. The fraction of sp³-hybridized carbons (Fsp3) is 0.391. The van der Waals surface area contributed by atoms with Crippen LogP contribution >= 0.6 is 22.9 Å². The summed E-state index contributed by atoms with van der Waals surface area (Å²) in [5.74, 6) is -1.38. The van der Waals surface area contributed by atoms with Crippen LogP contribution in [0.5, 0.6) is 0 Å². The van der Waals surface area contributed by atoms with Crippen molar-refractivity contribution in [2.45, 2.75) is 31.9 Å². The standard InChI is InChI=1S/C23H23ClFN3O5S/c1-3-32-23(30)17-18(14-6-5-13(25)10-15(14)24)27-20(21-26-8-9-34-21)28-19(17)16-7-4-12(11-33-16)22(29)31-2/h5-6,8-10,12,16,18H,3-4,7,11H2,1-2H3,(H,27,28). The van der Waals surface area contributed by atoms with Gasteiger partial charge in [-0.2, -0.15) is 0 Å². The maximum Gasteiger partial charge on any atom is 0.338 e. The third-order valence-corrected chi connectivity index (χ3v) is 6.70. The van der Waals surface area contributed by atoms with Gasteiger partial charge in [0.15, 0.2) is 10.8 Å². The number of nitrogens with one attached hydrogen (secondary N) is 1. The van der Waals surface area contributed by atoms with Crippen LogP contribution in [0.25, 0.3) is 0 Å². The van der Waals surface area contributed by atoms with Crippen LogP contribution in [-0.2, 0) is 23.8 Å². The number of halogens is 2. The van der Waals surface area contributed by atoms with Crippen LogP contribution in [0, 0.1) is 11.7 Å². The summed E-state index contributed by atoms with van der Waals surface area (Å²) >= 11 is 7.76. The van der Waals surface area contributed by atoms with Crippen molar-refractivity contribution in [1.29, 1.82) is 0 Å². The van der Waals surface area contributed by atoms with Crippen molar-refractivity contribution in [2.24, 2.45) is 10.9 Å². The third-order valence-electron chi connectivity index (χ3n) is 5.59. The second-order valence-electron chi connectivity index (χ2n) is 7.68. The summed E-state index contributed by atoms with van der Waals surface area (Å²) in [5.41, 5.74) is 1.13. The van der Waals surface area contributed by atoms with Crippen molar-refractivity contribution in [3.8, 4) is 0 Å². The Morgan fingerprint density at radius 1 is 1.35 bits per heavy atom. The number of nitrogens with zero attached hydrogens (tertiary/aromatic N) is 2. The molecule has 0 aliphatic carbocycles. The first-order valence-electron chi connectivity index (χ1n) is 10.7. The fourth-order valence-electron chi connectivity index (χ4n) is 3.98. The Labute approximate surface area is 204 Å². The van der Waals surface area contributed by atoms with E-state index in [1.165, 1.54) is 36.6 Å². The summed E-state index contributed by atoms with van der Waals surface area (Å²) in [6.07, 6.45) is 2.09. The molecule has 0 spiro atoms. The average Bonchev–Trinajstić information content (AvgIpc) is 3.38. The van der Waals surface area contributed by atoms with E-state index in [4.69, 9.17) is 30.8 Å². The van der Waals surface area contributed by atoms with Gasteiger partial charge in [0.1, 0.15) is 11.9 Å². The molecule has 8 nitrogen and oxygen atoms in total. The molecular formula is C23H23ClFN3O5S. The van der Waals surface area contributed by atoms with Crippen LogP contribution in [0.4, 0.5) is 4.39 Å². The van der Waals surface area contributed by atoms with Gasteiger partial charge in [-0.05, 0) is 31.9 Å². The summed E-state index contributed by atoms with van der Waals surface area (Å²) in [7, 11) is 1.34. The third kappa shape index (κ3) is 4.98. The minimum atomic E-state index is -0.871. The summed E-state index contributed by atoms with van der Waals surface area (Å²) in [4.78, 5) is 34.2. The first kappa shape index (κ1) is 24.3. The van der Waals surface area contributed by atoms with Crippen molar-refractivity contribution in [3.63, 3.8) is 0 Å². The number of methoxy groups -OCH3 is 1. The number of esters is 2. The van der Waals surface area contributed by atoms with Gasteiger partial charge in [0.2, 0.25) is 0 Å². The Morgan fingerprint density at radius 3 is 2.79 bits per heavy atom. The molecular weight excluding hydrogens is 485 g/mol. The maximum atomic E-state index is 13.8. The molecule has 3 heterocycles. The fourth-order valence-corrected chi connectivity index (χ4v) is 4.84. The highest BCUT2D eigenvalue weighted by Crippen LogP contribution is 2.39. The van der Waals surface area contributed by atoms with Gasteiger partial charge < -0.3 is 19.5 Å². The molecule has 0 amide bonds. The Hall–Kier alpha value is -2.82. The molecule has 2 aliphatic rings. The van der Waals surface area contributed by atoms with Gasteiger partial charge in [0.05, 0.1) is 43.6 Å². The van der Waals surface area contributed by atoms with E-state index in [2.05, 4.69) is 10.3 Å². The molecule has 1 saturated heterocycles. The number of ether oxygens (including phenoxy) is 3. The molecule has 1 aromatic carbocycles. The minimum absolute atomic E-state index is 0.130. The van der Waals surface area contributed by atoms with Gasteiger partial charge >= 0.3 is 11.9 Å². The molecule has 0 radical (unpaired) electrons. The molecule has 3 unspecified atom stereocenters. The Balaban J connectivity index is 1.80. The summed E-state index contributed by atoms with van der Waals surface area (Å²) in [6.45, 7) is 2.00. The van der Waals surface area contributed by atoms with Crippen LogP contribution in [0.1, 0.15) is 36.4 Å². The predicted octanol–water partition coefficient (Wildman–Crippen LogP) is 3.81. The number of benzene rings is 1. The number of thiazole rings is 1. The quantitative estimate of drug-likeness (QED) is 0.593. The highest BCUT2D eigenvalue weighted by molar-refractivity contribution is 7.11. The van der Waals surface area contributed by atoms with Crippen molar-refractivity contribution in [1.82, 2.24) is 10.3 Å². The van der Waals surface area contributed by atoms with Gasteiger partial charge in [-0.1, -0.05) is 17.7 Å². The van der Waals surface area contributed by atoms with Gasteiger partial charge in [0, 0.05) is 22.2 Å². The highest BCUT2D eigenvalue weighted by Gasteiger charge is 2.39. The summed E-state index contributed by atoms with van der Waals surface area (Å²) in [5, 5.41) is 5.76. The van der Waals surface area contributed by atoms with Crippen LogP contribution < -0.4 is 5.32 Å². The minimum Gasteiger partial charge on any atom is -0.469 e. The number of aliphatic imine (C=N–C) groups is 1. The van der Waals surface area contributed by atoms with E-state index in [0.717, 1.165) is 0 Å². The molecule has 3 atom stereocenters. The molecule has 0 bridgehead atoms. The average molecular weight is 508 g/mol. The van der Waals surface area contributed by atoms with E-state index >= 15 is 0 Å². The van der Waals surface area contributed by atoms with Crippen LogP contribution in [-0.4, -0.2) is 49.2 Å². The van der Waals surface area contributed by atoms with Gasteiger partial charge in [-0.15, -0.1) is 11.3 Å². The maximum absolute atomic E-state index is 13.8. The lowest BCUT2D eigenvalue weighted by Gasteiger charge is -2.34. The number of rotatable bonds is 6. The number of hydrogen-bond donors (Lipinski definition) is 1. The Bertz CT molecular complexity index is 1130. The zero-order chi connectivity index (χ0) is 24.2. The van der Waals surface area contributed by atoms with Crippen LogP contribution in [0.2, 0.25) is 5.02 Å². The van der Waals surface area contributed by atoms with E-state index in [-0.39, 0.29) is 35.7 Å². The topological polar surface area (TPSA) is 99.1 Å². The lowest BCUT2D eigenvalue weighted by molar-refractivity contribution is -0.151. The molecule has 2 aromatic rings. The normalized spacial score (nSPS) is 22.6. The smallest absolute Gasteiger partial charge is 0.338 e. The lowest BCUT2D eigenvalue weighted by Crippen LogP contribution is -2.42. The Morgan fingerprint density at radius 2 is 2.18 bits per heavy atom. The predicted molar refractivity (Wildman–Crippen MR) is 124 cm³/mol. The first-order valence-corrected chi connectivity index (χ1v) is 12.0. The van der Waals surface area contributed by atoms with Crippen molar-refractivity contribution in [3.05, 3.63) is 62.5 Å². The summed E-state index contributed by atoms with van der Waals surface area (Å²) in [6, 6.07) is 3.08. The molecule has 4 rings (SSSR count). The van der Waals surface area contributed by atoms with E-state index in [1.54, 1.807) is 13.1 Å². The van der Waals surface area contributed by atoms with E-state index in [1.807, 2.05) is 5.38 Å². The summed E-state index contributed by atoms with van der Waals surface area (Å²) < 4.78 is 30.0. The lowest BCUT2D eigenvalue weighted by atomic mass is 9.90. The highest BCUT2D eigenvalue weighted by atomic mass is 35.5. The molecule has 1 fully saturated rings. The zero-order valence-corrected chi connectivity index (χ0v) is 20.1. The number of carbonyl (C=O) groups is 2. The number of hydrogen-bond acceptors (Lipinski definition) is 9. The first-order chi connectivity index (χ1) is 16.4. The van der Waals surface area contributed by atoms with Crippen LogP contribution in [0.3, 0.4) is 0 Å². The van der Waals surface area contributed by atoms with Gasteiger partial charge in [-0.25, -0.2) is 14.2 Å². The SMILES string of the molecule is CCOC(=O)C1=C(C2CCC(C(=O)OC)CO2)NC(c2nccs2)=NC1c1ccc(F)cc1Cl. The molecule has 11 heteroatoms. The Kier molecular flexibility index (Phi) is 7.60. The molecule has 1 N–H and O–H groups in total. The van der Waals surface area contributed by atoms with Crippen LogP contribution in [0.15, 0.2) is 46.0 Å². The molecule has 180 valence electrons. The van der Waals surface area contributed by atoms with Gasteiger partial charge in [0.25, 0.3) is 0 Å². The van der Waals surface area contributed by atoms with Gasteiger partial charge in [-0.3, -0.25) is 9.79 Å². The van der Waals surface area contributed by atoms with Crippen molar-refractivity contribution >= 4 is 40.7 Å². The second-order valence-corrected chi connectivity index (χ2v) is 8.98. The zero-order valence-electron chi connectivity index (χ0n) is 18.5. The number of amidine groups is 1. The number of carbonyl (C=O) groups excluding carboxylic acids is 2. The van der Waals surface area contributed by atoms with E-state index in [9.17, 15) is 14.0 Å². The number of aromatic nitrogens is 1. The molecule has 0 saturated carbocycles. The van der Waals surface area contributed by atoms with E-state index in [0.29, 0.717) is 34.9 Å². The van der Waals surface area contributed by atoms with Crippen molar-refractivity contribution < 1.29 is 28.2 Å². The van der Waals surface area contributed by atoms with E-state index < -0.39 is 23.9 Å². The molecule has 2 aliphatic heterocycles.